The van der Waals surface area contributed by atoms with Gasteiger partial charge < -0.3 is 33.4 Å². The first-order chi connectivity index (χ1) is 22.9. The average Bonchev–Trinajstić information content (AvgIpc) is 3.55. The Labute approximate surface area is 306 Å². The van der Waals surface area contributed by atoms with Crippen molar-refractivity contribution in [1.82, 2.24) is 20.4 Å². The van der Waals surface area contributed by atoms with Crippen LogP contribution in [0.1, 0.15) is 94.9 Å². The summed E-state index contributed by atoms with van der Waals surface area (Å²) in [4.78, 5) is 41.0. The third-order valence-corrected chi connectivity index (χ3v) is 20.3. The summed E-state index contributed by atoms with van der Waals surface area (Å²) in [6.45, 7) is 34.4. The Hall–Kier alpha value is -1.52. The van der Waals surface area contributed by atoms with E-state index in [0.717, 1.165) is 32.5 Å². The lowest BCUT2D eigenvalue weighted by molar-refractivity contribution is -0.146. The number of carbonyl (C=O) groups is 3. The maximum Gasteiger partial charge on any atom is 0.328 e. The number of urea groups is 1. The summed E-state index contributed by atoms with van der Waals surface area (Å²) in [5.74, 6) is 0.519. The standard InChI is InChI=1S/C19H36N2O4Si.C18H38N2O3Si/c1-13(2)12-20-10-9-14-16(25-26(7,8)19(3,4)5)11-15(17(22)24-6)21(14)18(20)23;1-13(2)12-19-10-9-14-16(11-15(20-14)17(21)22-6)23-24(7,8)18(3,4)5/h13-16H,9-12H2,1-8H3;13-16,19-20H,9-12H2,1-8H3/t2*14-,15+,16-/m11/s1. The maximum absolute atomic E-state index is 13.1. The maximum atomic E-state index is 13.1. The van der Waals surface area contributed by atoms with Crippen molar-refractivity contribution in [3.63, 3.8) is 0 Å². The van der Waals surface area contributed by atoms with E-state index in [0.29, 0.717) is 31.2 Å². The number of hydrogen-bond acceptors (Lipinski definition) is 9. The van der Waals surface area contributed by atoms with Crippen molar-refractivity contribution in [2.45, 2.75) is 168 Å². The van der Waals surface area contributed by atoms with E-state index in [-0.39, 0.29) is 58.4 Å². The number of ether oxygens (including phenoxy) is 2. The Bertz CT molecular complexity index is 1120. The van der Waals surface area contributed by atoms with Crippen LogP contribution in [-0.4, -0.2) is 121 Å². The van der Waals surface area contributed by atoms with Crippen molar-refractivity contribution in [2.75, 3.05) is 40.4 Å². The molecule has 0 unspecified atom stereocenters. The molecule has 0 spiro atoms. The van der Waals surface area contributed by atoms with E-state index in [9.17, 15) is 14.4 Å². The molecule has 13 heteroatoms. The van der Waals surface area contributed by atoms with Gasteiger partial charge in [-0.3, -0.25) is 10.1 Å². The van der Waals surface area contributed by atoms with E-state index in [1.807, 2.05) is 4.90 Å². The van der Waals surface area contributed by atoms with Crippen LogP contribution in [0.4, 0.5) is 4.79 Å². The van der Waals surface area contributed by atoms with Crippen LogP contribution in [0.15, 0.2) is 0 Å². The van der Waals surface area contributed by atoms with Crippen LogP contribution in [0.2, 0.25) is 36.3 Å². The number of hydrogen-bond donors (Lipinski definition) is 2. The predicted octanol–water partition coefficient (Wildman–Crippen LogP) is 6.39. The summed E-state index contributed by atoms with van der Waals surface area (Å²) in [6.07, 6.45) is 3.02. The SMILES string of the molecule is COC(=O)[C@@H]1C[C@@H](O[Si](C)(C)C(C)(C)C)[C@@H](CCNCC(C)C)N1.COC(=O)[C@@H]1C[C@@H](O[Si](C)(C)C(C)(C)C)[C@H]2CCN(CC(C)C)C(=O)N21. The van der Waals surface area contributed by atoms with Crippen LogP contribution in [0.25, 0.3) is 0 Å². The van der Waals surface area contributed by atoms with Crippen molar-refractivity contribution in [3.8, 4) is 0 Å². The van der Waals surface area contributed by atoms with Crippen LogP contribution < -0.4 is 10.6 Å². The Kier molecular flexibility index (Phi) is 16.1. The molecular formula is C37H74N4O7Si2. The largest absolute Gasteiger partial charge is 0.468 e. The van der Waals surface area contributed by atoms with Crippen LogP contribution >= 0.6 is 0 Å². The van der Waals surface area contributed by atoms with E-state index in [1.54, 1.807) is 4.90 Å². The molecule has 6 atom stereocenters. The zero-order valence-corrected chi connectivity index (χ0v) is 36.5. The first kappa shape index (κ1) is 44.6. The van der Waals surface area contributed by atoms with Gasteiger partial charge >= 0.3 is 18.0 Å². The van der Waals surface area contributed by atoms with Crippen molar-refractivity contribution >= 4 is 34.6 Å². The summed E-state index contributed by atoms with van der Waals surface area (Å²) >= 11 is 0. The van der Waals surface area contributed by atoms with Gasteiger partial charge in [0.2, 0.25) is 0 Å². The smallest absolute Gasteiger partial charge is 0.328 e. The van der Waals surface area contributed by atoms with Gasteiger partial charge in [0.15, 0.2) is 16.6 Å². The lowest BCUT2D eigenvalue weighted by Gasteiger charge is -2.44. The van der Waals surface area contributed by atoms with E-state index in [2.05, 4.69) is 106 Å². The van der Waals surface area contributed by atoms with Crippen LogP contribution in [0.5, 0.6) is 0 Å². The molecule has 3 aliphatic rings. The molecule has 292 valence electrons. The van der Waals surface area contributed by atoms with Crippen LogP contribution in [-0.2, 0) is 27.9 Å². The second kappa shape index (κ2) is 18.0. The van der Waals surface area contributed by atoms with E-state index >= 15 is 0 Å². The monoisotopic (exact) mass is 743 g/mol. The van der Waals surface area contributed by atoms with Gasteiger partial charge in [-0.05, 0) is 80.5 Å². The zero-order chi connectivity index (χ0) is 38.4. The first-order valence-corrected chi connectivity index (χ1v) is 24.7. The van der Waals surface area contributed by atoms with Crippen molar-refractivity contribution in [2.24, 2.45) is 11.8 Å². The number of carbonyl (C=O) groups excluding carboxylic acids is 3. The molecule has 0 aromatic carbocycles. The van der Waals surface area contributed by atoms with Gasteiger partial charge in [0.1, 0.15) is 12.1 Å². The normalized spacial score (nSPS) is 26.2. The quantitative estimate of drug-likeness (QED) is 0.126. The lowest BCUT2D eigenvalue weighted by Crippen LogP contribution is -2.58. The van der Waals surface area contributed by atoms with Crippen molar-refractivity contribution < 1.29 is 32.7 Å². The highest BCUT2D eigenvalue weighted by atomic mass is 28.4. The molecule has 3 rings (SSSR count). The van der Waals surface area contributed by atoms with Gasteiger partial charge in [-0.1, -0.05) is 69.2 Å². The fraction of sp³-hybridized carbons (Fsp3) is 0.919. The summed E-state index contributed by atoms with van der Waals surface area (Å²) in [7, 11) is -1.02. The molecule has 0 aromatic rings. The van der Waals surface area contributed by atoms with Gasteiger partial charge in [0, 0.05) is 25.6 Å². The Morgan fingerprint density at radius 2 is 1.40 bits per heavy atom. The molecule has 0 bridgehead atoms. The number of esters is 2. The number of methoxy groups -OCH3 is 2. The van der Waals surface area contributed by atoms with Gasteiger partial charge in [0.25, 0.3) is 0 Å². The van der Waals surface area contributed by atoms with Gasteiger partial charge in [-0.2, -0.15) is 0 Å². The summed E-state index contributed by atoms with van der Waals surface area (Å²) in [5.41, 5.74) is 0. The Balaban J connectivity index is 0.000000348. The summed E-state index contributed by atoms with van der Waals surface area (Å²) in [6, 6.07) is -0.680. The molecule has 2 amide bonds. The minimum atomic E-state index is -1.99. The fourth-order valence-corrected chi connectivity index (χ4v) is 9.16. The second-order valence-electron chi connectivity index (χ2n) is 18.5. The minimum Gasteiger partial charge on any atom is -0.468 e. The molecule has 0 aromatic heterocycles. The minimum absolute atomic E-state index is 0.0378. The highest BCUT2D eigenvalue weighted by Gasteiger charge is 2.54. The summed E-state index contributed by atoms with van der Waals surface area (Å²) < 4.78 is 23.2. The van der Waals surface area contributed by atoms with Crippen molar-refractivity contribution in [3.05, 3.63) is 0 Å². The van der Waals surface area contributed by atoms with E-state index in [1.165, 1.54) is 14.2 Å². The number of amides is 2. The molecule has 0 saturated carbocycles. The third kappa shape index (κ3) is 11.7. The lowest BCUT2D eigenvalue weighted by atomic mass is 10.1. The van der Waals surface area contributed by atoms with E-state index < -0.39 is 22.7 Å². The van der Waals surface area contributed by atoms with Gasteiger partial charge in [0.05, 0.1) is 32.5 Å². The predicted molar refractivity (Wildman–Crippen MR) is 206 cm³/mol. The summed E-state index contributed by atoms with van der Waals surface area (Å²) in [5, 5.41) is 7.17. The number of rotatable bonds is 13. The number of nitrogens with one attached hydrogen (secondary N) is 2. The second-order valence-corrected chi connectivity index (χ2v) is 28.0. The zero-order valence-electron chi connectivity index (χ0n) is 34.5. The first-order valence-electron chi connectivity index (χ1n) is 18.9. The average molecular weight is 743 g/mol. The molecule has 2 N–H and O–H groups in total. The molecule has 3 aliphatic heterocycles. The van der Waals surface area contributed by atoms with Gasteiger partial charge in [-0.25, -0.2) is 9.59 Å². The molecule has 0 aliphatic carbocycles. The van der Waals surface area contributed by atoms with Crippen LogP contribution in [0, 0.1) is 11.8 Å². The molecular weight excluding hydrogens is 669 g/mol. The molecule has 50 heavy (non-hydrogen) atoms. The van der Waals surface area contributed by atoms with Crippen LogP contribution in [0.3, 0.4) is 0 Å². The fourth-order valence-electron chi connectivity index (χ4n) is 6.43. The molecule has 0 radical (unpaired) electrons. The third-order valence-electron chi connectivity index (χ3n) is 11.3. The molecule has 3 fully saturated rings. The highest BCUT2D eigenvalue weighted by molar-refractivity contribution is 6.74. The molecule has 11 nitrogen and oxygen atoms in total. The topological polar surface area (TPSA) is 119 Å². The van der Waals surface area contributed by atoms with Crippen molar-refractivity contribution in [1.29, 1.82) is 0 Å². The number of nitrogens with zero attached hydrogens (tertiary/aromatic N) is 2. The molecule has 3 saturated heterocycles. The van der Waals surface area contributed by atoms with Gasteiger partial charge in [-0.15, -0.1) is 0 Å². The Morgan fingerprint density at radius 1 is 0.860 bits per heavy atom. The number of fused-ring (bicyclic) bond motifs is 1. The highest BCUT2D eigenvalue weighted by Crippen LogP contribution is 2.42. The Morgan fingerprint density at radius 3 is 1.88 bits per heavy atom. The molecule has 3 heterocycles. The van der Waals surface area contributed by atoms with E-state index in [4.69, 9.17) is 18.3 Å².